The summed E-state index contributed by atoms with van der Waals surface area (Å²) in [6.45, 7) is 6.84. The highest BCUT2D eigenvalue weighted by atomic mass is 32.2. The number of carbonyl (C=O) groups is 4. The molecule has 5 aliphatic rings. The summed E-state index contributed by atoms with van der Waals surface area (Å²) < 4.78 is 29.6. The minimum atomic E-state index is -2.22. The van der Waals surface area contributed by atoms with Gasteiger partial charge in [0, 0.05) is 32.5 Å². The second-order valence-electron chi connectivity index (χ2n) is 15.1. The largest absolute Gasteiger partial charge is 0.459 e. The van der Waals surface area contributed by atoms with E-state index < -0.39 is 101 Å². The van der Waals surface area contributed by atoms with E-state index in [1.54, 1.807) is 13.8 Å². The van der Waals surface area contributed by atoms with Crippen LogP contribution in [0.4, 0.5) is 4.79 Å². The molecule has 1 saturated heterocycles. The first-order chi connectivity index (χ1) is 23.4. The van der Waals surface area contributed by atoms with Crippen molar-refractivity contribution < 1.29 is 65.0 Å². The van der Waals surface area contributed by atoms with E-state index in [-0.39, 0.29) is 42.3 Å². The molecule has 5 rings (SSSR count). The van der Waals surface area contributed by atoms with Crippen LogP contribution in [0.5, 0.6) is 0 Å². The predicted octanol–water partition coefficient (Wildman–Crippen LogP) is 1.12. The van der Waals surface area contributed by atoms with Crippen molar-refractivity contribution in [2.45, 2.75) is 133 Å². The van der Waals surface area contributed by atoms with Crippen molar-refractivity contribution in [1.29, 1.82) is 0 Å². The summed E-state index contributed by atoms with van der Waals surface area (Å²) in [5, 5.41) is 62.2. The highest BCUT2D eigenvalue weighted by Crippen LogP contribution is 2.63. The van der Waals surface area contributed by atoms with Gasteiger partial charge >= 0.3 is 18.0 Å². The van der Waals surface area contributed by atoms with Gasteiger partial charge in [0.1, 0.15) is 35.5 Å². The average Bonchev–Trinajstić information content (AvgIpc) is 3.05. The molecule has 11 atom stereocenters. The molecule has 0 radical (unpaired) electrons. The van der Waals surface area contributed by atoms with Crippen LogP contribution in [-0.4, -0.2) is 122 Å². The van der Waals surface area contributed by atoms with Crippen LogP contribution in [0.2, 0.25) is 0 Å². The minimum absolute atomic E-state index is 0.0102. The molecule has 0 aromatic carbocycles. The molecule has 1 aliphatic heterocycles. The fourth-order valence-corrected chi connectivity index (χ4v) is 9.57. The summed E-state index contributed by atoms with van der Waals surface area (Å²) >= 11 is 1.05. The Morgan fingerprint density at radius 3 is 2.39 bits per heavy atom. The normalized spacial score (nSPS) is 40.2. The van der Waals surface area contributed by atoms with Gasteiger partial charge < -0.3 is 49.8 Å². The van der Waals surface area contributed by atoms with Crippen LogP contribution in [0.15, 0.2) is 11.1 Å². The van der Waals surface area contributed by atoms with E-state index in [4.69, 9.17) is 20.3 Å². The number of fused-ring (bicyclic) bond motifs is 5. The molecule has 6 N–H and O–H groups in total. The second kappa shape index (κ2) is 13.7. The van der Waals surface area contributed by atoms with Crippen LogP contribution in [-0.2, 0) is 33.3 Å². The first kappa shape index (κ1) is 36.5. The van der Waals surface area contributed by atoms with E-state index in [0.717, 1.165) is 37.9 Å². The maximum absolute atomic E-state index is 14.4. The van der Waals surface area contributed by atoms with Crippen molar-refractivity contribution in [2.24, 2.45) is 22.7 Å². The third-order valence-electron chi connectivity index (χ3n) is 12.2. The van der Waals surface area contributed by atoms with Crippen molar-refractivity contribution in [3.8, 4) is 0 Å². The van der Waals surface area contributed by atoms with E-state index in [1.165, 1.54) is 13.8 Å². The summed E-state index contributed by atoms with van der Waals surface area (Å²) in [5.74, 6) is -4.69. The number of ketones is 1. The smallest absolute Gasteiger partial charge is 0.408 e. The highest BCUT2D eigenvalue weighted by Gasteiger charge is 2.76. The Morgan fingerprint density at radius 1 is 1.12 bits per heavy atom. The van der Waals surface area contributed by atoms with Gasteiger partial charge in [0.2, 0.25) is 0 Å². The van der Waals surface area contributed by atoms with Gasteiger partial charge in [0.05, 0.1) is 30.3 Å². The van der Waals surface area contributed by atoms with Crippen molar-refractivity contribution in [1.82, 2.24) is 5.32 Å². The minimum Gasteiger partial charge on any atom is -0.459 e. The van der Waals surface area contributed by atoms with E-state index in [9.17, 15) is 44.7 Å². The molecule has 1 heterocycles. The van der Waals surface area contributed by atoms with E-state index >= 15 is 0 Å². The summed E-state index contributed by atoms with van der Waals surface area (Å²) in [4.78, 5) is 53.6. The Labute approximate surface area is 291 Å². The SMILES string of the molecule is [3H]CSCOC(=O)N[C@@H](C1CCCCC1)[C@@H](O)C(=O)O[C@H]1C[C@@]2(O)[C@@H](OC(C)=O)[C@@H]3[C@]4(O)CO[C@@H]4C[C@H](O)[C@@]3(C)C(=O)[C@H](O)C(=C1C)C2(C)C. The number of ether oxygens (including phenoxy) is 4. The Bertz CT molecular complexity index is 1390. The lowest BCUT2D eigenvalue weighted by molar-refractivity contribution is -0.345. The molecule has 49 heavy (non-hydrogen) atoms. The Morgan fingerprint density at radius 2 is 1.80 bits per heavy atom. The number of aliphatic hydroxyl groups excluding tert-OH is 3. The highest BCUT2D eigenvalue weighted by molar-refractivity contribution is 7.98. The topological polar surface area (TPSA) is 218 Å². The number of hydrogen-bond donors (Lipinski definition) is 6. The molecule has 0 unspecified atom stereocenters. The van der Waals surface area contributed by atoms with Crippen molar-refractivity contribution >= 4 is 35.6 Å². The molecule has 276 valence electrons. The van der Waals surface area contributed by atoms with Crippen LogP contribution in [0.3, 0.4) is 0 Å². The van der Waals surface area contributed by atoms with E-state index in [1.807, 2.05) is 0 Å². The molecule has 4 fully saturated rings. The molecule has 0 aromatic rings. The van der Waals surface area contributed by atoms with Crippen molar-refractivity contribution in [3.63, 3.8) is 0 Å². The molecule has 14 nitrogen and oxygen atoms in total. The monoisotopic (exact) mass is 715 g/mol. The fourth-order valence-electron chi connectivity index (χ4n) is 9.38. The summed E-state index contributed by atoms with van der Waals surface area (Å²) in [6.07, 6.45) is -6.87. The van der Waals surface area contributed by atoms with Crippen molar-refractivity contribution in [2.75, 3.05) is 18.8 Å². The lowest BCUT2D eigenvalue weighted by atomic mass is 9.45. The molecule has 0 aromatic heterocycles. The van der Waals surface area contributed by atoms with Crippen LogP contribution < -0.4 is 5.32 Å². The zero-order valence-electron chi connectivity index (χ0n) is 29.7. The summed E-state index contributed by atoms with van der Waals surface area (Å²) in [7, 11) is 0. The lowest BCUT2D eigenvalue weighted by Crippen LogP contribution is -2.81. The zero-order valence-corrected chi connectivity index (χ0v) is 29.5. The van der Waals surface area contributed by atoms with Crippen LogP contribution in [0, 0.1) is 22.7 Å². The molecule has 1 amide bonds. The maximum atomic E-state index is 14.4. The summed E-state index contributed by atoms with van der Waals surface area (Å²) in [5.41, 5.74) is -7.28. The third kappa shape index (κ3) is 6.10. The number of aliphatic hydroxyl groups is 5. The van der Waals surface area contributed by atoms with Crippen LogP contribution in [0.25, 0.3) is 0 Å². The number of carbonyl (C=O) groups excluding carboxylic acids is 4. The van der Waals surface area contributed by atoms with E-state index in [0.29, 0.717) is 12.8 Å². The quantitative estimate of drug-likeness (QED) is 0.0683. The number of hydrogen-bond acceptors (Lipinski definition) is 14. The fraction of sp³-hybridized carbons (Fsp3) is 0.824. The maximum Gasteiger partial charge on any atom is 0.408 e. The number of Topliss-reactive ketones (excluding diaryl/α,β-unsaturated/α-hetero) is 1. The van der Waals surface area contributed by atoms with Gasteiger partial charge in [-0.1, -0.05) is 33.1 Å². The number of nitrogens with one attached hydrogen (secondary N) is 1. The van der Waals surface area contributed by atoms with Gasteiger partial charge in [-0.2, -0.15) is 0 Å². The number of amides is 1. The lowest BCUT2D eigenvalue weighted by Gasteiger charge is -2.66. The Kier molecular flexibility index (Phi) is 10.2. The van der Waals surface area contributed by atoms with Crippen molar-refractivity contribution in [3.05, 3.63) is 11.1 Å². The molecule has 4 aliphatic carbocycles. The third-order valence-corrected chi connectivity index (χ3v) is 12.5. The second-order valence-corrected chi connectivity index (χ2v) is 15.8. The van der Waals surface area contributed by atoms with E-state index in [2.05, 4.69) is 5.32 Å². The standard InChI is InChI=1S/C34H51NO13S/c1-16-19(48-29(41)25(39)23(18-10-8-7-9-11-18)35-30(42)46-15-49-6)13-34(44)28(47-17(2)36)26-32(5,20(37)12-21-33(26,43)14-45-21)27(40)24(38)22(16)31(34,3)4/h18-21,23-26,28,37-39,43-44H,7-15H2,1-6H3,(H,35,42)/t19-,20-,21+,23-,24+,25+,26-,28-,32+,33-,34+/m0/s1/i6T. The molecular formula is C34H51NO13S. The molecule has 15 heteroatoms. The number of alkyl carbamates (subject to hydrolysis) is 1. The van der Waals surface area contributed by atoms with Crippen LogP contribution >= 0.6 is 11.8 Å². The molecular weight excluding hydrogens is 662 g/mol. The van der Waals surface area contributed by atoms with Gasteiger partial charge in [-0.05, 0) is 50.0 Å². The average molecular weight is 716 g/mol. The van der Waals surface area contributed by atoms with Gasteiger partial charge in [-0.25, -0.2) is 9.59 Å². The van der Waals surface area contributed by atoms with Gasteiger partial charge in [0.15, 0.2) is 11.9 Å². The molecule has 2 bridgehead atoms. The summed E-state index contributed by atoms with van der Waals surface area (Å²) in [6, 6.07) is -1.09. The van der Waals surface area contributed by atoms with Crippen LogP contribution in [0.1, 0.15) is 80.9 Å². The van der Waals surface area contributed by atoms with Gasteiger partial charge in [0.25, 0.3) is 0 Å². The molecule has 0 spiro atoms. The first-order valence-corrected chi connectivity index (χ1v) is 18.1. The predicted molar refractivity (Wildman–Crippen MR) is 174 cm³/mol. The number of thioether (sulfide) groups is 1. The van der Waals surface area contributed by atoms with Gasteiger partial charge in [-0.3, -0.25) is 9.59 Å². The first-order valence-electron chi connectivity index (χ1n) is 17.6. The zero-order chi connectivity index (χ0) is 37.0. The number of rotatable bonds is 8. The Balaban J connectivity index is 1.54. The van der Waals surface area contributed by atoms with Gasteiger partial charge in [-0.15, -0.1) is 11.8 Å². The molecule has 3 saturated carbocycles. The number of esters is 2. The Hall–Kier alpha value is -2.27.